The molecule has 1 aromatic heterocycles. The largest absolute Gasteiger partial charge is 0.396 e. The number of H-pyrrole nitrogens is 1. The van der Waals surface area contributed by atoms with Crippen LogP contribution in [0.25, 0.3) is 0 Å². The van der Waals surface area contributed by atoms with Gasteiger partial charge in [-0.25, -0.2) is 26.9 Å². The van der Waals surface area contributed by atoms with Crippen LogP contribution < -0.4 is 10.5 Å². The maximum absolute atomic E-state index is 13.5. The number of anilines is 1. The van der Waals surface area contributed by atoms with Gasteiger partial charge in [-0.05, 0) is 6.07 Å². The third kappa shape index (κ3) is 2.88. The predicted molar refractivity (Wildman–Crippen MR) is 63.4 cm³/mol. The molecule has 2 aromatic rings. The first-order valence-corrected chi connectivity index (χ1v) is 6.60. The number of aromatic amines is 1. The third-order valence-corrected chi connectivity index (χ3v) is 3.76. The van der Waals surface area contributed by atoms with Gasteiger partial charge in [0.25, 0.3) is 0 Å². The molecule has 0 atom stereocenters. The van der Waals surface area contributed by atoms with Gasteiger partial charge in [0.15, 0.2) is 0 Å². The zero-order valence-electron chi connectivity index (χ0n) is 9.52. The molecule has 0 aliphatic carbocycles. The smallest absolute Gasteiger partial charge is 0.243 e. The molecule has 0 aliphatic rings. The highest BCUT2D eigenvalue weighted by molar-refractivity contribution is 7.89. The number of nitrogens with zero attached hydrogens (tertiary/aromatic N) is 1. The summed E-state index contributed by atoms with van der Waals surface area (Å²) in [6.07, 6.45) is 2.79. The first-order valence-electron chi connectivity index (χ1n) is 5.11. The van der Waals surface area contributed by atoms with Crippen LogP contribution in [0.1, 0.15) is 5.69 Å². The molecule has 0 aliphatic heterocycles. The molecule has 4 N–H and O–H groups in total. The second kappa shape index (κ2) is 4.94. The molecule has 19 heavy (non-hydrogen) atoms. The summed E-state index contributed by atoms with van der Waals surface area (Å²) < 4.78 is 52.3. The number of hydrogen-bond acceptors (Lipinski definition) is 4. The minimum Gasteiger partial charge on any atom is -0.396 e. The van der Waals surface area contributed by atoms with E-state index in [0.717, 1.165) is 6.07 Å². The lowest BCUT2D eigenvalue weighted by molar-refractivity contribution is 0.544. The maximum atomic E-state index is 13.5. The number of nitrogens with one attached hydrogen (secondary N) is 2. The molecule has 0 amide bonds. The first-order chi connectivity index (χ1) is 8.90. The second-order valence-corrected chi connectivity index (χ2v) is 5.44. The lowest BCUT2D eigenvalue weighted by Gasteiger charge is -2.08. The van der Waals surface area contributed by atoms with Crippen molar-refractivity contribution in [3.63, 3.8) is 0 Å². The SMILES string of the molecule is Nc1cc(S(=O)(=O)NCc2cnc[nH]2)c(F)cc1F. The molecule has 6 nitrogen and oxygen atoms in total. The van der Waals surface area contributed by atoms with Crippen LogP contribution >= 0.6 is 0 Å². The standard InChI is InChI=1S/C10H10F2N4O2S/c11-7-1-8(12)10(2-9(7)13)19(17,18)16-4-6-3-14-5-15-6/h1-3,5,16H,4,13H2,(H,14,15). The molecule has 1 aromatic carbocycles. The topological polar surface area (TPSA) is 101 Å². The summed E-state index contributed by atoms with van der Waals surface area (Å²) in [5, 5.41) is 0. The lowest BCUT2D eigenvalue weighted by atomic mass is 10.3. The van der Waals surface area contributed by atoms with Gasteiger partial charge in [0.1, 0.15) is 16.5 Å². The summed E-state index contributed by atoms with van der Waals surface area (Å²) in [6.45, 7) is -0.0982. The Morgan fingerprint density at radius 2 is 2.05 bits per heavy atom. The van der Waals surface area contributed by atoms with Crippen LogP contribution in [0.15, 0.2) is 29.6 Å². The summed E-state index contributed by atoms with van der Waals surface area (Å²) in [7, 11) is -4.13. The molecule has 0 saturated carbocycles. The van der Waals surface area contributed by atoms with Crippen molar-refractivity contribution in [3.05, 3.63) is 42.0 Å². The van der Waals surface area contributed by atoms with E-state index in [1.165, 1.54) is 12.5 Å². The van der Waals surface area contributed by atoms with E-state index >= 15 is 0 Å². The Hall–Kier alpha value is -2.00. The number of nitrogens with two attached hydrogens (primary N) is 1. The number of aromatic nitrogens is 2. The molecule has 0 unspecified atom stereocenters. The zero-order chi connectivity index (χ0) is 14.0. The summed E-state index contributed by atoms with van der Waals surface area (Å²) in [5.41, 5.74) is 5.28. The van der Waals surface area contributed by atoms with Crippen LogP contribution in [-0.4, -0.2) is 18.4 Å². The molecule has 0 fully saturated rings. The second-order valence-electron chi connectivity index (χ2n) is 3.71. The Labute approximate surface area is 107 Å². The maximum Gasteiger partial charge on any atom is 0.243 e. The predicted octanol–water partition coefficient (Wildman–Crippen LogP) is 0.749. The van der Waals surface area contributed by atoms with E-state index in [0.29, 0.717) is 11.8 Å². The summed E-state index contributed by atoms with van der Waals surface area (Å²) in [4.78, 5) is 5.68. The van der Waals surface area contributed by atoms with Crippen molar-refractivity contribution in [2.45, 2.75) is 11.4 Å². The van der Waals surface area contributed by atoms with Gasteiger partial charge >= 0.3 is 0 Å². The minimum atomic E-state index is -4.13. The van der Waals surface area contributed by atoms with Crippen molar-refractivity contribution < 1.29 is 17.2 Å². The number of benzene rings is 1. The zero-order valence-corrected chi connectivity index (χ0v) is 10.3. The van der Waals surface area contributed by atoms with Crippen molar-refractivity contribution in [1.82, 2.24) is 14.7 Å². The fourth-order valence-electron chi connectivity index (χ4n) is 1.38. The Kier molecular flexibility index (Phi) is 3.49. The average molecular weight is 288 g/mol. The fourth-order valence-corrected chi connectivity index (χ4v) is 2.48. The van der Waals surface area contributed by atoms with E-state index in [9.17, 15) is 17.2 Å². The van der Waals surface area contributed by atoms with Gasteiger partial charge < -0.3 is 10.7 Å². The fraction of sp³-hybridized carbons (Fsp3) is 0.100. The van der Waals surface area contributed by atoms with Crippen molar-refractivity contribution in [2.24, 2.45) is 0 Å². The van der Waals surface area contributed by atoms with Crippen LogP contribution in [0.2, 0.25) is 0 Å². The first kappa shape index (κ1) is 13.4. The van der Waals surface area contributed by atoms with E-state index in [4.69, 9.17) is 5.73 Å². The molecule has 0 radical (unpaired) electrons. The quantitative estimate of drug-likeness (QED) is 0.722. The Balaban J connectivity index is 2.27. The van der Waals surface area contributed by atoms with Crippen LogP contribution in [0.4, 0.5) is 14.5 Å². The molecular weight excluding hydrogens is 278 g/mol. The number of imidazole rings is 1. The van der Waals surface area contributed by atoms with Gasteiger partial charge in [0, 0.05) is 18.0 Å². The van der Waals surface area contributed by atoms with Gasteiger partial charge in [-0.2, -0.15) is 0 Å². The Bertz CT molecular complexity index is 686. The molecule has 0 spiro atoms. The van der Waals surface area contributed by atoms with Crippen molar-refractivity contribution in [1.29, 1.82) is 0 Å². The molecule has 0 bridgehead atoms. The molecular formula is C10H10F2N4O2S. The van der Waals surface area contributed by atoms with Gasteiger partial charge in [-0.3, -0.25) is 0 Å². The van der Waals surface area contributed by atoms with E-state index < -0.39 is 32.2 Å². The van der Waals surface area contributed by atoms with Crippen molar-refractivity contribution in [2.75, 3.05) is 5.73 Å². The normalized spacial score (nSPS) is 11.7. The number of nitrogen functional groups attached to an aromatic ring is 1. The number of rotatable bonds is 4. The van der Waals surface area contributed by atoms with E-state index in [-0.39, 0.29) is 6.54 Å². The van der Waals surface area contributed by atoms with Crippen LogP contribution in [-0.2, 0) is 16.6 Å². The van der Waals surface area contributed by atoms with Crippen molar-refractivity contribution in [3.8, 4) is 0 Å². The van der Waals surface area contributed by atoms with Gasteiger partial charge in [0.2, 0.25) is 10.0 Å². The number of sulfonamides is 1. The highest BCUT2D eigenvalue weighted by Crippen LogP contribution is 2.20. The Morgan fingerprint density at radius 3 is 2.68 bits per heavy atom. The molecule has 1 heterocycles. The van der Waals surface area contributed by atoms with Gasteiger partial charge in [0.05, 0.1) is 18.6 Å². The minimum absolute atomic E-state index is 0.0982. The van der Waals surface area contributed by atoms with Crippen LogP contribution in [0, 0.1) is 11.6 Å². The third-order valence-electron chi connectivity index (χ3n) is 2.35. The number of halogens is 2. The summed E-state index contributed by atoms with van der Waals surface area (Å²) in [6, 6.07) is 1.17. The molecule has 2 rings (SSSR count). The molecule has 0 saturated heterocycles. The molecule has 9 heteroatoms. The highest BCUT2D eigenvalue weighted by Gasteiger charge is 2.21. The Morgan fingerprint density at radius 1 is 1.32 bits per heavy atom. The van der Waals surface area contributed by atoms with Crippen LogP contribution in [0.3, 0.4) is 0 Å². The average Bonchev–Trinajstić information content (AvgIpc) is 2.84. The van der Waals surface area contributed by atoms with Gasteiger partial charge in [-0.15, -0.1) is 0 Å². The van der Waals surface area contributed by atoms with Crippen molar-refractivity contribution >= 4 is 15.7 Å². The van der Waals surface area contributed by atoms with Crippen LogP contribution in [0.5, 0.6) is 0 Å². The monoisotopic (exact) mass is 288 g/mol. The number of hydrogen-bond donors (Lipinski definition) is 3. The molecule has 102 valence electrons. The summed E-state index contributed by atoms with van der Waals surface area (Å²) >= 11 is 0. The lowest BCUT2D eigenvalue weighted by Crippen LogP contribution is -2.24. The van der Waals surface area contributed by atoms with E-state index in [2.05, 4.69) is 14.7 Å². The highest BCUT2D eigenvalue weighted by atomic mass is 32.2. The summed E-state index contributed by atoms with van der Waals surface area (Å²) in [5.74, 6) is -2.21. The van der Waals surface area contributed by atoms with E-state index in [1.54, 1.807) is 0 Å². The van der Waals surface area contributed by atoms with Gasteiger partial charge in [-0.1, -0.05) is 0 Å². The van der Waals surface area contributed by atoms with E-state index in [1.807, 2.05) is 0 Å².